The third-order valence-electron chi connectivity index (χ3n) is 4.78. The van der Waals surface area contributed by atoms with Crippen LogP contribution in [0.25, 0.3) is 10.8 Å². The molecule has 4 aromatic carbocycles. The molecule has 4 heteroatoms. The second-order valence-electron chi connectivity index (χ2n) is 6.85. The zero-order valence-corrected chi connectivity index (χ0v) is 16.8. The van der Waals surface area contributed by atoms with Gasteiger partial charge in [0.05, 0.1) is 6.61 Å². The lowest BCUT2D eigenvalue weighted by Gasteiger charge is -2.14. The second-order valence-corrected chi connectivity index (χ2v) is 6.85. The van der Waals surface area contributed by atoms with Crippen molar-refractivity contribution in [1.82, 2.24) is 0 Å². The summed E-state index contributed by atoms with van der Waals surface area (Å²) in [5.74, 6) is 0.975. The molecule has 0 saturated heterocycles. The Morgan fingerprint density at radius 3 is 2.40 bits per heavy atom. The van der Waals surface area contributed by atoms with Gasteiger partial charge in [0.1, 0.15) is 6.61 Å². The predicted molar refractivity (Wildman–Crippen MR) is 120 cm³/mol. The van der Waals surface area contributed by atoms with Gasteiger partial charge >= 0.3 is 0 Å². The van der Waals surface area contributed by atoms with Crippen LogP contribution >= 0.6 is 0 Å². The van der Waals surface area contributed by atoms with E-state index in [2.05, 4.69) is 5.32 Å². The molecule has 0 aliphatic carbocycles. The Balaban J connectivity index is 1.54. The van der Waals surface area contributed by atoms with E-state index in [-0.39, 0.29) is 5.91 Å². The van der Waals surface area contributed by atoms with Crippen LogP contribution in [0.4, 0.5) is 5.69 Å². The molecule has 0 aliphatic heterocycles. The van der Waals surface area contributed by atoms with Gasteiger partial charge in [0.25, 0.3) is 5.91 Å². The number of amides is 1. The van der Waals surface area contributed by atoms with E-state index in [0.717, 1.165) is 22.0 Å². The molecule has 0 heterocycles. The molecule has 0 bridgehead atoms. The molecule has 0 aromatic heterocycles. The summed E-state index contributed by atoms with van der Waals surface area (Å²) in [5, 5.41) is 5.09. The van der Waals surface area contributed by atoms with Crippen molar-refractivity contribution in [3.63, 3.8) is 0 Å². The van der Waals surface area contributed by atoms with Gasteiger partial charge < -0.3 is 14.8 Å². The highest BCUT2D eigenvalue weighted by molar-refractivity contribution is 6.09. The maximum Gasteiger partial charge on any atom is 0.255 e. The number of ether oxygens (including phenoxy) is 2. The van der Waals surface area contributed by atoms with Crippen LogP contribution < -0.4 is 14.8 Å². The Labute approximate surface area is 176 Å². The van der Waals surface area contributed by atoms with E-state index >= 15 is 0 Å². The van der Waals surface area contributed by atoms with Crippen LogP contribution in [0.1, 0.15) is 22.8 Å². The standard InChI is InChI=1S/C26H23NO3/c1-2-29-25-17-21(15-16-24(25)30-18-19-9-4-3-5-10-19)26(28)27-23-14-8-12-20-11-6-7-13-22(20)23/h3-17H,2,18H2,1H3,(H,27,28). The number of anilines is 1. The van der Waals surface area contributed by atoms with Crippen molar-refractivity contribution in [1.29, 1.82) is 0 Å². The van der Waals surface area contributed by atoms with Crippen LogP contribution in [0, 0.1) is 0 Å². The highest BCUT2D eigenvalue weighted by Crippen LogP contribution is 2.30. The number of hydrogen-bond acceptors (Lipinski definition) is 3. The number of hydrogen-bond donors (Lipinski definition) is 1. The van der Waals surface area contributed by atoms with E-state index < -0.39 is 0 Å². The molecule has 4 nitrogen and oxygen atoms in total. The average molecular weight is 397 g/mol. The number of nitrogens with one attached hydrogen (secondary N) is 1. The quantitative estimate of drug-likeness (QED) is 0.412. The Morgan fingerprint density at radius 1 is 0.800 bits per heavy atom. The molecule has 150 valence electrons. The van der Waals surface area contributed by atoms with Gasteiger partial charge in [0, 0.05) is 16.6 Å². The van der Waals surface area contributed by atoms with E-state index in [1.54, 1.807) is 18.2 Å². The minimum atomic E-state index is -0.193. The molecule has 0 radical (unpaired) electrons. The molecule has 0 fully saturated rings. The summed E-state index contributed by atoms with van der Waals surface area (Å²) in [7, 11) is 0. The molecular weight excluding hydrogens is 374 g/mol. The summed E-state index contributed by atoms with van der Waals surface area (Å²) >= 11 is 0. The zero-order valence-electron chi connectivity index (χ0n) is 16.8. The molecular formula is C26H23NO3. The molecule has 0 unspecified atom stereocenters. The first kappa shape index (κ1) is 19.5. The molecule has 0 atom stereocenters. The molecule has 0 saturated carbocycles. The molecule has 1 amide bonds. The lowest BCUT2D eigenvalue weighted by molar-refractivity contribution is 0.102. The number of carbonyl (C=O) groups excluding carboxylic acids is 1. The fraction of sp³-hybridized carbons (Fsp3) is 0.115. The van der Waals surface area contributed by atoms with Gasteiger partial charge in [-0.3, -0.25) is 4.79 Å². The van der Waals surface area contributed by atoms with Crippen molar-refractivity contribution in [2.24, 2.45) is 0 Å². The Morgan fingerprint density at radius 2 is 1.57 bits per heavy atom. The highest BCUT2D eigenvalue weighted by Gasteiger charge is 2.13. The highest BCUT2D eigenvalue weighted by atomic mass is 16.5. The van der Waals surface area contributed by atoms with E-state index in [1.807, 2.05) is 79.7 Å². The van der Waals surface area contributed by atoms with Gasteiger partial charge in [-0.25, -0.2) is 0 Å². The average Bonchev–Trinajstić information content (AvgIpc) is 2.79. The third kappa shape index (κ3) is 4.44. The normalized spacial score (nSPS) is 10.6. The number of carbonyl (C=O) groups is 1. The lowest BCUT2D eigenvalue weighted by Crippen LogP contribution is -2.12. The summed E-state index contributed by atoms with van der Waals surface area (Å²) in [6.45, 7) is 2.82. The van der Waals surface area contributed by atoms with E-state index in [1.165, 1.54) is 0 Å². The van der Waals surface area contributed by atoms with Crippen LogP contribution in [0.15, 0.2) is 91.0 Å². The van der Waals surface area contributed by atoms with Crippen molar-refractivity contribution in [2.75, 3.05) is 11.9 Å². The monoisotopic (exact) mass is 397 g/mol. The summed E-state index contributed by atoms with van der Waals surface area (Å²) in [6, 6.07) is 29.0. The molecule has 1 N–H and O–H groups in total. The third-order valence-corrected chi connectivity index (χ3v) is 4.78. The number of fused-ring (bicyclic) bond motifs is 1. The van der Waals surface area contributed by atoms with Gasteiger partial charge in [-0.15, -0.1) is 0 Å². The van der Waals surface area contributed by atoms with Crippen LogP contribution in [-0.2, 0) is 6.61 Å². The Bertz CT molecular complexity index is 1150. The van der Waals surface area contributed by atoms with E-state index in [0.29, 0.717) is 30.3 Å². The lowest BCUT2D eigenvalue weighted by atomic mass is 10.1. The maximum absolute atomic E-state index is 12.9. The zero-order chi connectivity index (χ0) is 20.8. The van der Waals surface area contributed by atoms with Crippen molar-refractivity contribution in [2.45, 2.75) is 13.5 Å². The summed E-state index contributed by atoms with van der Waals surface area (Å²) < 4.78 is 11.7. The molecule has 30 heavy (non-hydrogen) atoms. The van der Waals surface area contributed by atoms with Crippen molar-refractivity contribution in [3.8, 4) is 11.5 Å². The van der Waals surface area contributed by atoms with Crippen LogP contribution in [0.5, 0.6) is 11.5 Å². The Kier molecular flexibility index (Phi) is 5.95. The summed E-state index contributed by atoms with van der Waals surface area (Å²) in [5.41, 5.74) is 2.36. The first-order valence-electron chi connectivity index (χ1n) is 9.97. The summed E-state index contributed by atoms with van der Waals surface area (Å²) in [4.78, 5) is 12.9. The van der Waals surface area contributed by atoms with Gasteiger partial charge in [-0.2, -0.15) is 0 Å². The van der Waals surface area contributed by atoms with Crippen LogP contribution in [0.2, 0.25) is 0 Å². The number of benzene rings is 4. The number of rotatable bonds is 7. The van der Waals surface area contributed by atoms with E-state index in [9.17, 15) is 4.79 Å². The largest absolute Gasteiger partial charge is 0.490 e. The topological polar surface area (TPSA) is 47.6 Å². The smallest absolute Gasteiger partial charge is 0.255 e. The minimum Gasteiger partial charge on any atom is -0.490 e. The van der Waals surface area contributed by atoms with Gasteiger partial charge in [0.15, 0.2) is 11.5 Å². The molecule has 4 aromatic rings. The maximum atomic E-state index is 12.9. The first-order valence-corrected chi connectivity index (χ1v) is 9.97. The molecule has 4 rings (SSSR count). The van der Waals surface area contributed by atoms with Gasteiger partial charge in [0.2, 0.25) is 0 Å². The van der Waals surface area contributed by atoms with Gasteiger partial charge in [-0.1, -0.05) is 66.7 Å². The minimum absolute atomic E-state index is 0.193. The van der Waals surface area contributed by atoms with Crippen molar-refractivity contribution >= 4 is 22.4 Å². The van der Waals surface area contributed by atoms with Crippen molar-refractivity contribution in [3.05, 3.63) is 102 Å². The SMILES string of the molecule is CCOc1cc(C(=O)Nc2cccc3ccccc23)ccc1OCc1ccccc1. The first-order chi connectivity index (χ1) is 14.7. The summed E-state index contributed by atoms with van der Waals surface area (Å²) in [6.07, 6.45) is 0. The fourth-order valence-corrected chi connectivity index (χ4v) is 3.30. The van der Waals surface area contributed by atoms with Crippen LogP contribution in [0.3, 0.4) is 0 Å². The molecule has 0 aliphatic rings. The second kappa shape index (κ2) is 9.14. The Hall–Kier alpha value is -3.79. The van der Waals surface area contributed by atoms with Crippen LogP contribution in [-0.4, -0.2) is 12.5 Å². The fourth-order valence-electron chi connectivity index (χ4n) is 3.30. The van der Waals surface area contributed by atoms with E-state index in [4.69, 9.17) is 9.47 Å². The van der Waals surface area contributed by atoms with Crippen molar-refractivity contribution < 1.29 is 14.3 Å². The van der Waals surface area contributed by atoms with Gasteiger partial charge in [-0.05, 0) is 42.1 Å². The predicted octanol–water partition coefficient (Wildman–Crippen LogP) is 6.07. The molecule has 0 spiro atoms.